The fraction of sp³-hybridized carbons (Fsp3) is 0.382. The smallest absolute Gasteiger partial charge is 0.407 e. The van der Waals surface area contributed by atoms with Gasteiger partial charge in [-0.15, -0.1) is 0 Å². The van der Waals surface area contributed by atoms with Gasteiger partial charge >= 0.3 is 6.09 Å². The second kappa shape index (κ2) is 13.0. The number of carbonyl (C=O) groups excluding carboxylic acids is 1. The minimum Gasteiger partial charge on any atom is -0.497 e. The molecule has 238 valence electrons. The molecule has 2 aromatic heterocycles. The Bertz CT molecular complexity index is 1730. The summed E-state index contributed by atoms with van der Waals surface area (Å²) in [6.45, 7) is 9.66. The molecule has 0 radical (unpaired) electrons. The molecule has 1 saturated carbocycles. The van der Waals surface area contributed by atoms with E-state index >= 15 is 0 Å². The fourth-order valence-corrected chi connectivity index (χ4v) is 6.02. The average molecular weight is 635 g/mol. The van der Waals surface area contributed by atoms with Gasteiger partial charge in [0.15, 0.2) is 0 Å². The highest BCUT2D eigenvalue weighted by Gasteiger charge is 2.26. The minimum atomic E-state index is -0.553. The third kappa shape index (κ3) is 7.50. The Morgan fingerprint density at radius 3 is 2.40 bits per heavy atom. The number of alkyl carbamates (subject to hydrolysis) is 1. The van der Waals surface area contributed by atoms with Crippen molar-refractivity contribution >= 4 is 40.4 Å². The first kappa shape index (κ1) is 32.1. The monoisotopic (exact) mass is 634 g/mol. The summed E-state index contributed by atoms with van der Waals surface area (Å²) in [7, 11) is 1.66. The van der Waals surface area contributed by atoms with Crippen molar-refractivity contribution in [2.75, 3.05) is 12.4 Å². The minimum absolute atomic E-state index is 0.0255. The quantitative estimate of drug-likeness (QED) is 0.142. The van der Waals surface area contributed by atoms with Crippen molar-refractivity contribution in [3.8, 4) is 16.9 Å². The van der Waals surface area contributed by atoms with E-state index in [1.165, 1.54) is 18.2 Å². The average Bonchev–Trinajstić information content (AvgIpc) is 3.39. The van der Waals surface area contributed by atoms with Gasteiger partial charge in [-0.05, 0) is 107 Å². The van der Waals surface area contributed by atoms with Crippen LogP contribution in [0.25, 0.3) is 16.6 Å². The predicted molar refractivity (Wildman–Crippen MR) is 177 cm³/mol. The number of aliphatic imine (C=N–C) groups is 1. The van der Waals surface area contributed by atoms with E-state index in [2.05, 4.69) is 40.6 Å². The summed E-state index contributed by atoms with van der Waals surface area (Å²) >= 11 is 6.31. The summed E-state index contributed by atoms with van der Waals surface area (Å²) in [6, 6.07) is 10.2. The van der Waals surface area contributed by atoms with E-state index in [9.17, 15) is 9.18 Å². The van der Waals surface area contributed by atoms with Crippen molar-refractivity contribution < 1.29 is 18.7 Å². The highest BCUT2D eigenvalue weighted by Crippen LogP contribution is 2.36. The van der Waals surface area contributed by atoms with Crippen LogP contribution >= 0.6 is 11.6 Å². The Hall–Kier alpha value is -4.31. The summed E-state index contributed by atoms with van der Waals surface area (Å²) in [5.41, 5.74) is 12.6. The summed E-state index contributed by atoms with van der Waals surface area (Å²) in [5, 5.41) is 11.7. The number of hydrogen-bond acceptors (Lipinski definition) is 6. The van der Waals surface area contributed by atoms with Crippen LogP contribution in [0.2, 0.25) is 5.02 Å². The molecular weight excluding hydrogens is 595 g/mol. The number of benzene rings is 2. The number of carbonyl (C=O) groups is 1. The van der Waals surface area contributed by atoms with Crippen LogP contribution in [0.4, 0.5) is 20.6 Å². The van der Waals surface area contributed by atoms with Crippen LogP contribution in [-0.2, 0) is 4.74 Å². The SMILES string of the molecule is COc1cc(C)c(-c2cc3c(N[C@H]4CC[C@H](NC(=O)OC(C)(C)C)CC4)c(/C(N)=N/c4cc(F)ccc4Cl)cnn3c2)c(C)c1. The number of aromatic nitrogens is 2. The maximum atomic E-state index is 14.0. The Balaban J connectivity index is 1.50. The van der Waals surface area contributed by atoms with E-state index in [1.807, 2.05) is 43.6 Å². The van der Waals surface area contributed by atoms with Crippen LogP contribution in [0, 0.1) is 19.7 Å². The van der Waals surface area contributed by atoms with Crippen LogP contribution < -0.4 is 21.1 Å². The summed E-state index contributed by atoms with van der Waals surface area (Å²) < 4.78 is 26.8. The fourth-order valence-electron chi connectivity index (χ4n) is 5.86. The second-order valence-electron chi connectivity index (χ2n) is 12.6. The Kier molecular flexibility index (Phi) is 9.25. The number of halogens is 2. The largest absolute Gasteiger partial charge is 0.497 e. The van der Waals surface area contributed by atoms with Crippen LogP contribution in [0.1, 0.15) is 63.1 Å². The van der Waals surface area contributed by atoms with Gasteiger partial charge in [0.25, 0.3) is 0 Å². The van der Waals surface area contributed by atoms with E-state index in [0.29, 0.717) is 5.56 Å². The molecule has 4 aromatic rings. The lowest BCUT2D eigenvalue weighted by Crippen LogP contribution is -2.42. The van der Waals surface area contributed by atoms with Crippen LogP contribution in [0.15, 0.2) is 53.8 Å². The zero-order valence-electron chi connectivity index (χ0n) is 26.5. The molecule has 45 heavy (non-hydrogen) atoms. The first-order valence-corrected chi connectivity index (χ1v) is 15.4. The van der Waals surface area contributed by atoms with E-state index in [1.54, 1.807) is 13.3 Å². The number of nitrogens with two attached hydrogens (primary N) is 1. The molecule has 1 fully saturated rings. The highest BCUT2D eigenvalue weighted by atomic mass is 35.5. The van der Waals surface area contributed by atoms with Crippen LogP contribution in [0.5, 0.6) is 5.75 Å². The van der Waals surface area contributed by atoms with E-state index < -0.39 is 17.5 Å². The van der Waals surface area contributed by atoms with Crippen LogP contribution in [0.3, 0.4) is 0 Å². The number of methoxy groups -OCH3 is 1. The van der Waals surface area contributed by atoms with E-state index in [4.69, 9.17) is 26.8 Å². The maximum absolute atomic E-state index is 14.0. The van der Waals surface area contributed by atoms with Crippen molar-refractivity contribution in [3.63, 3.8) is 0 Å². The van der Waals surface area contributed by atoms with Gasteiger partial charge in [0.05, 0.1) is 40.8 Å². The van der Waals surface area contributed by atoms with E-state index in [-0.39, 0.29) is 28.6 Å². The first-order valence-electron chi connectivity index (χ1n) is 15.0. The zero-order valence-corrected chi connectivity index (χ0v) is 27.3. The summed E-state index contributed by atoms with van der Waals surface area (Å²) in [5.74, 6) is 0.493. The molecule has 0 aliphatic heterocycles. The van der Waals surface area contributed by atoms with Gasteiger partial charge in [0.1, 0.15) is 23.0 Å². The number of anilines is 1. The molecule has 0 atom stereocenters. The second-order valence-corrected chi connectivity index (χ2v) is 13.0. The third-order valence-electron chi connectivity index (χ3n) is 7.89. The van der Waals surface area contributed by atoms with Crippen molar-refractivity contribution in [1.82, 2.24) is 14.9 Å². The number of fused-ring (bicyclic) bond motifs is 1. The molecule has 2 heterocycles. The van der Waals surface area contributed by atoms with Gasteiger partial charge in [-0.3, -0.25) is 0 Å². The topological polar surface area (TPSA) is 115 Å². The Morgan fingerprint density at radius 2 is 1.76 bits per heavy atom. The molecule has 0 unspecified atom stereocenters. The molecule has 2 aromatic carbocycles. The van der Waals surface area contributed by atoms with Crippen molar-refractivity contribution in [2.24, 2.45) is 10.7 Å². The molecular formula is C34H40ClFN6O3. The number of amidine groups is 1. The predicted octanol–water partition coefficient (Wildman–Crippen LogP) is 7.70. The highest BCUT2D eigenvalue weighted by molar-refractivity contribution is 6.33. The Morgan fingerprint density at radius 1 is 1.09 bits per heavy atom. The lowest BCUT2D eigenvalue weighted by atomic mass is 9.91. The van der Waals surface area contributed by atoms with Gasteiger partial charge in [0, 0.05) is 29.9 Å². The normalized spacial score (nSPS) is 17.3. The van der Waals surface area contributed by atoms with Gasteiger partial charge in [0.2, 0.25) is 0 Å². The molecule has 11 heteroatoms. The van der Waals surface area contributed by atoms with Crippen molar-refractivity contribution in [2.45, 2.75) is 78.0 Å². The zero-order chi connectivity index (χ0) is 32.5. The number of nitrogens with one attached hydrogen (secondary N) is 2. The van der Waals surface area contributed by atoms with Crippen molar-refractivity contribution in [3.05, 3.63) is 76.3 Å². The molecule has 0 saturated heterocycles. The molecule has 1 aliphatic carbocycles. The van der Waals surface area contributed by atoms with Crippen LogP contribution in [-0.4, -0.2) is 46.3 Å². The number of amides is 1. The third-order valence-corrected chi connectivity index (χ3v) is 8.21. The summed E-state index contributed by atoms with van der Waals surface area (Å²) in [4.78, 5) is 16.8. The molecule has 1 amide bonds. The number of ether oxygens (including phenoxy) is 2. The number of aryl methyl sites for hydroxylation is 2. The lowest BCUT2D eigenvalue weighted by molar-refractivity contribution is 0.0492. The molecule has 1 aliphatic rings. The van der Waals surface area contributed by atoms with Crippen molar-refractivity contribution in [1.29, 1.82) is 0 Å². The number of rotatable bonds is 7. The summed E-state index contributed by atoms with van der Waals surface area (Å²) in [6.07, 6.45) is 6.44. The maximum Gasteiger partial charge on any atom is 0.407 e. The van der Waals surface area contributed by atoms with Gasteiger partial charge in [-0.1, -0.05) is 11.6 Å². The first-order chi connectivity index (χ1) is 21.3. The lowest BCUT2D eigenvalue weighted by Gasteiger charge is -2.31. The number of nitrogens with zero attached hydrogens (tertiary/aromatic N) is 3. The molecule has 5 rings (SSSR count). The van der Waals surface area contributed by atoms with E-state index in [0.717, 1.165) is 64.9 Å². The Labute approximate surface area is 268 Å². The number of hydrogen-bond donors (Lipinski definition) is 3. The standard InChI is InChI=1S/C34H40ClFN6O3/c1-19-13-25(44-6)14-20(2)30(19)21-15-29-31(39-23-8-10-24(11-9-23)40-33(43)45-34(3,4)5)26(17-38-42(29)18-21)32(37)41-28-16-22(36)7-12-27(28)35/h7,12-18,23-24,39H,8-11H2,1-6H3,(H2,37,41)(H,40,43)/t23-,24-. The molecule has 9 nitrogen and oxygen atoms in total. The molecule has 4 N–H and O–H groups in total. The van der Waals surface area contributed by atoms with Gasteiger partial charge in [-0.2, -0.15) is 5.10 Å². The molecule has 0 bridgehead atoms. The van der Waals surface area contributed by atoms with Gasteiger partial charge < -0.3 is 25.8 Å². The molecule has 0 spiro atoms. The van der Waals surface area contributed by atoms with Gasteiger partial charge in [-0.25, -0.2) is 18.7 Å².